The van der Waals surface area contributed by atoms with E-state index in [1.54, 1.807) is 0 Å². The second-order valence-electron chi connectivity index (χ2n) is 7.37. The fourth-order valence-electron chi connectivity index (χ4n) is 4.09. The van der Waals surface area contributed by atoms with E-state index in [0.29, 0.717) is 5.92 Å². The van der Waals surface area contributed by atoms with E-state index < -0.39 is 0 Å². The Morgan fingerprint density at radius 2 is 2.00 bits per heavy atom. The van der Waals surface area contributed by atoms with Crippen molar-refractivity contribution in [3.63, 3.8) is 0 Å². The summed E-state index contributed by atoms with van der Waals surface area (Å²) in [5.41, 5.74) is 5.49. The topological polar surface area (TPSA) is 51.2 Å². The van der Waals surface area contributed by atoms with Crippen molar-refractivity contribution in [2.24, 2.45) is 7.05 Å². The molecule has 25 heavy (non-hydrogen) atoms. The quantitative estimate of drug-likeness (QED) is 0.737. The van der Waals surface area contributed by atoms with Gasteiger partial charge in [0.25, 0.3) is 0 Å². The number of imidazole rings is 1. The molecule has 1 aliphatic rings. The molecule has 0 unspecified atom stereocenters. The highest BCUT2D eigenvalue weighted by Gasteiger charge is 2.25. The number of aryl methyl sites for hydroxylation is 4. The molecule has 1 fully saturated rings. The molecule has 4 heterocycles. The molecule has 3 aromatic rings. The molecule has 0 bridgehead atoms. The molecule has 0 aliphatic carbocycles. The summed E-state index contributed by atoms with van der Waals surface area (Å²) in [7, 11) is 2.11. The van der Waals surface area contributed by atoms with Gasteiger partial charge < -0.3 is 4.57 Å². The summed E-state index contributed by atoms with van der Waals surface area (Å²) < 4.78 is 4.14. The summed E-state index contributed by atoms with van der Waals surface area (Å²) >= 11 is 0. The van der Waals surface area contributed by atoms with Gasteiger partial charge in [0.1, 0.15) is 5.82 Å². The first-order valence-electron chi connectivity index (χ1n) is 9.04. The minimum Gasteiger partial charge on any atom is -0.337 e. The third kappa shape index (κ3) is 3.06. The van der Waals surface area contributed by atoms with Gasteiger partial charge in [-0.15, -0.1) is 0 Å². The predicted molar refractivity (Wildman–Crippen MR) is 97.7 cm³/mol. The number of piperidine rings is 1. The standard InChI is InChI=1S/C19H26N6/c1-13-8-15(3)25-19(21-13)17(9-20-25)12-24-7-5-6-16(11-24)18-22-14(2)10-23(18)4/h8-10,16H,5-7,11-12H2,1-4H3/t16-/m1/s1. The first-order chi connectivity index (χ1) is 12.0. The van der Waals surface area contributed by atoms with Gasteiger partial charge in [0.15, 0.2) is 5.65 Å². The molecule has 0 spiro atoms. The van der Waals surface area contributed by atoms with Crippen LogP contribution >= 0.6 is 0 Å². The van der Waals surface area contributed by atoms with E-state index in [0.717, 1.165) is 42.4 Å². The molecule has 1 aliphatic heterocycles. The van der Waals surface area contributed by atoms with E-state index >= 15 is 0 Å². The van der Waals surface area contributed by atoms with E-state index in [1.807, 2.05) is 17.6 Å². The van der Waals surface area contributed by atoms with Crippen LogP contribution in [0.5, 0.6) is 0 Å². The zero-order valence-electron chi connectivity index (χ0n) is 15.5. The summed E-state index contributed by atoms with van der Waals surface area (Å²) in [6.45, 7) is 9.27. The molecule has 6 nitrogen and oxygen atoms in total. The van der Waals surface area contributed by atoms with Crippen LogP contribution < -0.4 is 0 Å². The van der Waals surface area contributed by atoms with Crippen molar-refractivity contribution in [2.45, 2.75) is 46.1 Å². The molecular weight excluding hydrogens is 312 g/mol. The van der Waals surface area contributed by atoms with Gasteiger partial charge in [0, 0.05) is 49.2 Å². The molecule has 0 N–H and O–H groups in total. The minimum atomic E-state index is 0.505. The van der Waals surface area contributed by atoms with Crippen LogP contribution in [0, 0.1) is 20.8 Å². The van der Waals surface area contributed by atoms with E-state index in [2.05, 4.69) is 47.7 Å². The van der Waals surface area contributed by atoms with Gasteiger partial charge in [-0.3, -0.25) is 4.90 Å². The van der Waals surface area contributed by atoms with Gasteiger partial charge in [0.2, 0.25) is 0 Å². The monoisotopic (exact) mass is 338 g/mol. The van der Waals surface area contributed by atoms with Gasteiger partial charge in [-0.2, -0.15) is 5.10 Å². The van der Waals surface area contributed by atoms with Gasteiger partial charge in [0.05, 0.1) is 11.9 Å². The zero-order valence-corrected chi connectivity index (χ0v) is 15.5. The Morgan fingerprint density at radius 1 is 1.16 bits per heavy atom. The zero-order chi connectivity index (χ0) is 17.6. The Morgan fingerprint density at radius 3 is 2.76 bits per heavy atom. The number of hydrogen-bond acceptors (Lipinski definition) is 4. The number of likely N-dealkylation sites (tertiary alicyclic amines) is 1. The highest BCUT2D eigenvalue weighted by atomic mass is 15.3. The Balaban J connectivity index is 1.56. The molecule has 0 aromatic carbocycles. The number of rotatable bonds is 3. The average Bonchev–Trinajstić information content (AvgIpc) is 3.11. The summed E-state index contributed by atoms with van der Waals surface area (Å²) in [6, 6.07) is 2.07. The van der Waals surface area contributed by atoms with Crippen molar-refractivity contribution in [1.29, 1.82) is 0 Å². The van der Waals surface area contributed by atoms with Crippen molar-refractivity contribution in [3.8, 4) is 0 Å². The average molecular weight is 338 g/mol. The van der Waals surface area contributed by atoms with E-state index in [1.165, 1.54) is 24.2 Å². The van der Waals surface area contributed by atoms with Crippen molar-refractivity contribution < 1.29 is 0 Å². The highest BCUT2D eigenvalue weighted by molar-refractivity contribution is 5.47. The molecule has 1 saturated heterocycles. The highest BCUT2D eigenvalue weighted by Crippen LogP contribution is 2.27. The van der Waals surface area contributed by atoms with Crippen molar-refractivity contribution in [3.05, 3.63) is 46.9 Å². The maximum atomic E-state index is 4.75. The molecule has 0 radical (unpaired) electrons. The molecule has 132 valence electrons. The maximum absolute atomic E-state index is 4.75. The van der Waals surface area contributed by atoms with E-state index in [4.69, 9.17) is 9.97 Å². The molecule has 1 atom stereocenters. The SMILES string of the molecule is Cc1cn(C)c([C@@H]2CCCN(Cc3cnn4c(C)cc(C)nc34)C2)n1. The minimum absolute atomic E-state index is 0.505. The first kappa shape index (κ1) is 16.3. The van der Waals surface area contributed by atoms with Gasteiger partial charge in [-0.1, -0.05) is 0 Å². The Kier molecular flexibility index (Phi) is 4.07. The van der Waals surface area contributed by atoms with Crippen LogP contribution in [0.1, 0.15) is 47.2 Å². The molecular formula is C19H26N6. The summed E-state index contributed by atoms with van der Waals surface area (Å²) in [5, 5.41) is 4.53. The number of fused-ring (bicyclic) bond motifs is 1. The summed E-state index contributed by atoms with van der Waals surface area (Å²) in [5.74, 6) is 1.72. The smallest absolute Gasteiger partial charge is 0.159 e. The van der Waals surface area contributed by atoms with Crippen LogP contribution in [0.15, 0.2) is 18.5 Å². The molecule has 4 rings (SSSR count). The second kappa shape index (κ2) is 6.26. The van der Waals surface area contributed by atoms with Crippen molar-refractivity contribution >= 4 is 5.65 Å². The largest absolute Gasteiger partial charge is 0.337 e. The van der Waals surface area contributed by atoms with E-state index in [9.17, 15) is 0 Å². The van der Waals surface area contributed by atoms with Gasteiger partial charge in [-0.05, 0) is 46.2 Å². The number of nitrogens with zero attached hydrogens (tertiary/aromatic N) is 6. The lowest BCUT2D eigenvalue weighted by atomic mass is 9.97. The molecule has 0 saturated carbocycles. The summed E-state index contributed by atoms with van der Waals surface area (Å²) in [4.78, 5) is 12.0. The third-order valence-electron chi connectivity index (χ3n) is 5.15. The Bertz CT molecular complexity index is 906. The normalized spacial score (nSPS) is 19.0. The van der Waals surface area contributed by atoms with Crippen LogP contribution in [0.3, 0.4) is 0 Å². The van der Waals surface area contributed by atoms with E-state index in [-0.39, 0.29) is 0 Å². The Hall–Kier alpha value is -2.21. The molecule has 3 aromatic heterocycles. The van der Waals surface area contributed by atoms with Gasteiger partial charge >= 0.3 is 0 Å². The first-order valence-corrected chi connectivity index (χ1v) is 9.04. The predicted octanol–water partition coefficient (Wildman–Crippen LogP) is 2.77. The number of hydrogen-bond donors (Lipinski definition) is 0. The fraction of sp³-hybridized carbons (Fsp3) is 0.526. The lowest BCUT2D eigenvalue weighted by Gasteiger charge is -2.32. The number of aromatic nitrogens is 5. The van der Waals surface area contributed by atoms with Crippen molar-refractivity contribution in [1.82, 2.24) is 29.0 Å². The second-order valence-corrected chi connectivity index (χ2v) is 7.37. The van der Waals surface area contributed by atoms with Crippen LogP contribution in [-0.4, -0.2) is 42.1 Å². The van der Waals surface area contributed by atoms with Gasteiger partial charge in [-0.25, -0.2) is 14.5 Å². The van der Waals surface area contributed by atoms with Crippen LogP contribution in [0.25, 0.3) is 5.65 Å². The van der Waals surface area contributed by atoms with Crippen LogP contribution in [-0.2, 0) is 13.6 Å². The summed E-state index contributed by atoms with van der Waals surface area (Å²) in [6.07, 6.45) is 6.52. The lowest BCUT2D eigenvalue weighted by Crippen LogP contribution is -2.34. The maximum Gasteiger partial charge on any atom is 0.159 e. The lowest BCUT2D eigenvalue weighted by molar-refractivity contribution is 0.195. The fourth-order valence-corrected chi connectivity index (χ4v) is 4.09. The molecule has 6 heteroatoms. The Labute approximate surface area is 148 Å². The van der Waals surface area contributed by atoms with Crippen LogP contribution in [0.4, 0.5) is 0 Å². The molecule has 0 amide bonds. The van der Waals surface area contributed by atoms with Crippen molar-refractivity contribution in [2.75, 3.05) is 13.1 Å². The van der Waals surface area contributed by atoms with Crippen LogP contribution in [0.2, 0.25) is 0 Å². The third-order valence-corrected chi connectivity index (χ3v) is 5.15.